The van der Waals surface area contributed by atoms with Gasteiger partial charge in [0.1, 0.15) is 6.10 Å². The number of likely N-dealkylation sites (tertiary alicyclic amines) is 1. The van der Waals surface area contributed by atoms with Crippen LogP contribution in [-0.2, 0) is 16.1 Å². The summed E-state index contributed by atoms with van der Waals surface area (Å²) in [7, 11) is 0. The molecule has 0 bridgehead atoms. The van der Waals surface area contributed by atoms with Crippen LogP contribution in [0.1, 0.15) is 17.7 Å². The molecule has 1 amide bonds. The van der Waals surface area contributed by atoms with Gasteiger partial charge in [0.2, 0.25) is 0 Å². The van der Waals surface area contributed by atoms with Crippen molar-refractivity contribution in [1.29, 1.82) is 0 Å². The van der Waals surface area contributed by atoms with Crippen molar-refractivity contribution in [2.24, 2.45) is 5.92 Å². The standard InChI is InChI=1S/C18H21N3O2S/c22-18(20-14-3-1-6-19-10-14)16-9-13-5-7-21(12-17(13)23-16)11-15-4-2-8-24-15/h1-4,6,8,10,13,16-17H,5,7,9,11-12H2,(H,20,22)/t13-,16+,17+/m1/s1. The van der Waals surface area contributed by atoms with Crippen molar-refractivity contribution >= 4 is 22.9 Å². The largest absolute Gasteiger partial charge is 0.364 e. The van der Waals surface area contributed by atoms with Crippen molar-refractivity contribution in [2.45, 2.75) is 31.6 Å². The molecule has 0 aromatic carbocycles. The van der Waals surface area contributed by atoms with E-state index in [9.17, 15) is 4.79 Å². The zero-order valence-corrected chi connectivity index (χ0v) is 14.2. The predicted molar refractivity (Wildman–Crippen MR) is 93.8 cm³/mol. The number of nitrogens with zero attached hydrogens (tertiary/aromatic N) is 2. The highest BCUT2D eigenvalue weighted by atomic mass is 32.1. The van der Waals surface area contributed by atoms with E-state index in [0.717, 1.165) is 38.2 Å². The maximum Gasteiger partial charge on any atom is 0.253 e. The quantitative estimate of drug-likeness (QED) is 0.927. The van der Waals surface area contributed by atoms with Crippen molar-refractivity contribution in [3.63, 3.8) is 0 Å². The molecule has 3 atom stereocenters. The normalized spacial score (nSPS) is 26.9. The molecule has 0 spiro atoms. The molecule has 0 aliphatic carbocycles. The topological polar surface area (TPSA) is 54.5 Å². The van der Waals surface area contributed by atoms with E-state index in [-0.39, 0.29) is 18.1 Å². The van der Waals surface area contributed by atoms with Crippen molar-refractivity contribution in [1.82, 2.24) is 9.88 Å². The van der Waals surface area contributed by atoms with Gasteiger partial charge in [0.15, 0.2) is 0 Å². The molecule has 0 unspecified atom stereocenters. The van der Waals surface area contributed by atoms with E-state index in [1.54, 1.807) is 23.7 Å². The fourth-order valence-electron chi connectivity index (χ4n) is 3.59. The van der Waals surface area contributed by atoms with Crippen molar-refractivity contribution in [3.8, 4) is 0 Å². The van der Waals surface area contributed by atoms with E-state index in [1.165, 1.54) is 4.88 Å². The highest BCUT2D eigenvalue weighted by Gasteiger charge is 2.41. The molecule has 24 heavy (non-hydrogen) atoms. The second kappa shape index (κ2) is 7.01. The summed E-state index contributed by atoms with van der Waals surface area (Å²) in [4.78, 5) is 20.3. The molecule has 4 rings (SSSR count). The number of hydrogen-bond donors (Lipinski definition) is 1. The molecule has 126 valence electrons. The third kappa shape index (κ3) is 3.50. The van der Waals surface area contributed by atoms with Crippen LogP contribution in [0.15, 0.2) is 42.0 Å². The lowest BCUT2D eigenvalue weighted by molar-refractivity contribution is -0.127. The highest BCUT2D eigenvalue weighted by molar-refractivity contribution is 7.09. The maximum absolute atomic E-state index is 12.4. The Balaban J connectivity index is 1.33. The number of nitrogens with one attached hydrogen (secondary N) is 1. The summed E-state index contributed by atoms with van der Waals surface area (Å²) in [5.41, 5.74) is 0.722. The zero-order chi connectivity index (χ0) is 16.4. The number of carbonyl (C=O) groups excluding carboxylic acids is 1. The molecular formula is C18H21N3O2S. The van der Waals surface area contributed by atoms with Gasteiger partial charge in [0, 0.05) is 24.2 Å². The number of ether oxygens (including phenoxy) is 1. The summed E-state index contributed by atoms with van der Waals surface area (Å²) >= 11 is 1.80. The SMILES string of the molecule is O=C(Nc1cccnc1)[C@@H]1C[C@H]2CCN(Cc3cccs3)C[C@@H]2O1. The Bertz CT molecular complexity index is 677. The summed E-state index contributed by atoms with van der Waals surface area (Å²) < 4.78 is 6.08. The molecule has 6 heteroatoms. The van der Waals surface area contributed by atoms with Gasteiger partial charge in [-0.25, -0.2) is 0 Å². The number of aromatic nitrogens is 1. The smallest absolute Gasteiger partial charge is 0.253 e. The lowest BCUT2D eigenvalue weighted by Gasteiger charge is -2.33. The molecule has 2 aromatic heterocycles. The molecule has 2 aliphatic rings. The molecule has 1 N–H and O–H groups in total. The van der Waals surface area contributed by atoms with Gasteiger partial charge in [-0.1, -0.05) is 6.07 Å². The minimum absolute atomic E-state index is 0.0535. The van der Waals surface area contributed by atoms with E-state index in [0.29, 0.717) is 5.92 Å². The van der Waals surface area contributed by atoms with E-state index in [4.69, 9.17) is 4.74 Å². The molecule has 2 aliphatic heterocycles. The Labute approximate surface area is 145 Å². The summed E-state index contributed by atoms with van der Waals surface area (Å²) in [6.45, 7) is 2.98. The average Bonchev–Trinajstić information content (AvgIpc) is 3.25. The van der Waals surface area contributed by atoms with E-state index in [1.807, 2.05) is 12.1 Å². The number of thiophene rings is 1. The lowest BCUT2D eigenvalue weighted by atomic mass is 9.91. The molecule has 5 nitrogen and oxygen atoms in total. The van der Waals surface area contributed by atoms with Crippen molar-refractivity contribution in [3.05, 3.63) is 46.9 Å². The fraction of sp³-hybridized carbons (Fsp3) is 0.444. The molecular weight excluding hydrogens is 322 g/mol. The van der Waals surface area contributed by atoms with Gasteiger partial charge < -0.3 is 10.1 Å². The third-order valence-electron chi connectivity index (χ3n) is 4.82. The first-order valence-electron chi connectivity index (χ1n) is 8.39. The lowest BCUT2D eigenvalue weighted by Crippen LogP contribution is -2.41. The number of anilines is 1. The van der Waals surface area contributed by atoms with Gasteiger partial charge in [-0.05, 0) is 48.9 Å². The van der Waals surface area contributed by atoms with Gasteiger partial charge in [-0.15, -0.1) is 11.3 Å². The zero-order valence-electron chi connectivity index (χ0n) is 13.4. The van der Waals surface area contributed by atoms with Crippen LogP contribution < -0.4 is 5.32 Å². The van der Waals surface area contributed by atoms with Crippen molar-refractivity contribution in [2.75, 3.05) is 18.4 Å². The van der Waals surface area contributed by atoms with Crippen LogP contribution in [0.5, 0.6) is 0 Å². The second-order valence-electron chi connectivity index (χ2n) is 6.49. The minimum atomic E-state index is -0.345. The Morgan fingerprint density at radius 3 is 3.17 bits per heavy atom. The van der Waals surface area contributed by atoms with Gasteiger partial charge in [0.25, 0.3) is 5.91 Å². The van der Waals surface area contributed by atoms with Crippen LogP contribution in [0, 0.1) is 5.92 Å². The van der Waals surface area contributed by atoms with Crippen LogP contribution >= 0.6 is 11.3 Å². The number of piperidine rings is 1. The van der Waals surface area contributed by atoms with Gasteiger partial charge in [0.05, 0.1) is 18.0 Å². The van der Waals surface area contributed by atoms with Crippen LogP contribution in [-0.4, -0.2) is 41.1 Å². The fourth-order valence-corrected chi connectivity index (χ4v) is 4.34. The summed E-state index contributed by atoms with van der Waals surface area (Å²) in [5.74, 6) is 0.441. The van der Waals surface area contributed by atoms with E-state index < -0.39 is 0 Å². The first-order valence-corrected chi connectivity index (χ1v) is 9.27. The van der Waals surface area contributed by atoms with Crippen molar-refractivity contribution < 1.29 is 9.53 Å². The molecule has 2 saturated heterocycles. The van der Waals surface area contributed by atoms with E-state index >= 15 is 0 Å². The Hall–Kier alpha value is -1.76. The molecule has 0 saturated carbocycles. The van der Waals surface area contributed by atoms with Crippen LogP contribution in [0.2, 0.25) is 0 Å². The number of rotatable bonds is 4. The number of fused-ring (bicyclic) bond motifs is 1. The number of carbonyl (C=O) groups is 1. The number of pyridine rings is 1. The Morgan fingerprint density at radius 1 is 1.42 bits per heavy atom. The first kappa shape index (κ1) is 15.7. The predicted octanol–water partition coefficient (Wildman–Crippen LogP) is 2.76. The number of hydrogen-bond acceptors (Lipinski definition) is 5. The van der Waals surface area contributed by atoms with Crippen LogP contribution in [0.25, 0.3) is 0 Å². The van der Waals surface area contributed by atoms with Crippen LogP contribution in [0.4, 0.5) is 5.69 Å². The van der Waals surface area contributed by atoms with Gasteiger partial charge in [-0.2, -0.15) is 0 Å². The second-order valence-corrected chi connectivity index (χ2v) is 7.53. The Morgan fingerprint density at radius 2 is 2.38 bits per heavy atom. The molecule has 2 aromatic rings. The minimum Gasteiger partial charge on any atom is -0.364 e. The summed E-state index contributed by atoms with van der Waals surface area (Å²) in [6, 6.07) is 7.93. The van der Waals surface area contributed by atoms with Gasteiger partial charge in [-0.3, -0.25) is 14.7 Å². The van der Waals surface area contributed by atoms with Gasteiger partial charge >= 0.3 is 0 Å². The summed E-state index contributed by atoms with van der Waals surface area (Å²) in [6.07, 6.45) is 5.10. The number of amides is 1. The highest BCUT2D eigenvalue weighted by Crippen LogP contribution is 2.34. The molecule has 0 radical (unpaired) electrons. The first-order chi connectivity index (χ1) is 11.8. The Kier molecular flexibility index (Phi) is 4.60. The molecule has 2 fully saturated rings. The molecule has 4 heterocycles. The monoisotopic (exact) mass is 343 g/mol. The average molecular weight is 343 g/mol. The third-order valence-corrected chi connectivity index (χ3v) is 5.68. The maximum atomic E-state index is 12.4. The summed E-state index contributed by atoms with van der Waals surface area (Å²) in [5, 5.41) is 5.02. The van der Waals surface area contributed by atoms with E-state index in [2.05, 4.69) is 32.7 Å². The van der Waals surface area contributed by atoms with Crippen LogP contribution in [0.3, 0.4) is 0 Å².